The van der Waals surface area contributed by atoms with Gasteiger partial charge in [0.2, 0.25) is 5.91 Å². The molecule has 0 saturated heterocycles. The number of anilines is 2. The van der Waals surface area contributed by atoms with Crippen LogP contribution in [0.1, 0.15) is 27.8 Å². The van der Waals surface area contributed by atoms with Crippen LogP contribution in [0.3, 0.4) is 0 Å². The predicted octanol–water partition coefficient (Wildman–Crippen LogP) is 2.16. The second-order valence-corrected chi connectivity index (χ2v) is 4.68. The van der Waals surface area contributed by atoms with E-state index in [-0.39, 0.29) is 5.69 Å². The molecule has 6 nitrogen and oxygen atoms in total. The SMILES string of the molecule is CCOC(=O)c1csc(Nc2ccc(C(N)=O)cc2)n1. The van der Waals surface area contributed by atoms with Gasteiger partial charge in [0, 0.05) is 16.6 Å². The van der Waals surface area contributed by atoms with Crippen molar-refractivity contribution in [3.63, 3.8) is 0 Å². The van der Waals surface area contributed by atoms with Crippen LogP contribution in [0.15, 0.2) is 29.6 Å². The number of esters is 1. The number of amides is 1. The number of hydrogen-bond acceptors (Lipinski definition) is 6. The minimum absolute atomic E-state index is 0.271. The summed E-state index contributed by atoms with van der Waals surface area (Å²) in [7, 11) is 0. The molecule has 0 fully saturated rings. The van der Waals surface area contributed by atoms with Gasteiger partial charge in [0.25, 0.3) is 0 Å². The minimum atomic E-state index is -0.476. The molecule has 0 aliphatic carbocycles. The lowest BCUT2D eigenvalue weighted by Gasteiger charge is -2.03. The summed E-state index contributed by atoms with van der Waals surface area (Å²) >= 11 is 1.29. The molecular weight excluding hydrogens is 278 g/mol. The van der Waals surface area contributed by atoms with Crippen molar-refractivity contribution in [2.75, 3.05) is 11.9 Å². The Labute approximate surface area is 119 Å². The molecule has 3 N–H and O–H groups in total. The molecule has 0 aliphatic heterocycles. The number of carbonyl (C=O) groups excluding carboxylic acids is 2. The van der Waals surface area contributed by atoms with E-state index in [0.717, 1.165) is 5.69 Å². The zero-order valence-electron chi connectivity index (χ0n) is 10.8. The zero-order chi connectivity index (χ0) is 14.5. The molecule has 0 unspecified atom stereocenters. The van der Waals surface area contributed by atoms with Crippen LogP contribution in [0.25, 0.3) is 0 Å². The van der Waals surface area contributed by atoms with Crippen LogP contribution in [0.5, 0.6) is 0 Å². The predicted molar refractivity (Wildman–Crippen MR) is 76.3 cm³/mol. The number of thiazole rings is 1. The standard InChI is InChI=1S/C13H13N3O3S/c1-2-19-12(18)10-7-20-13(16-10)15-9-5-3-8(4-6-9)11(14)17/h3-7H,2H2,1H3,(H2,14,17)(H,15,16). The van der Waals surface area contributed by atoms with Gasteiger partial charge in [-0.15, -0.1) is 11.3 Å². The molecule has 1 aromatic carbocycles. The van der Waals surface area contributed by atoms with Gasteiger partial charge >= 0.3 is 5.97 Å². The summed E-state index contributed by atoms with van der Waals surface area (Å²) in [5.41, 5.74) is 6.61. The maximum Gasteiger partial charge on any atom is 0.357 e. The van der Waals surface area contributed by atoms with E-state index in [2.05, 4.69) is 10.3 Å². The first-order valence-electron chi connectivity index (χ1n) is 5.89. The van der Waals surface area contributed by atoms with Crippen LogP contribution in [-0.2, 0) is 4.74 Å². The molecule has 1 amide bonds. The molecule has 20 heavy (non-hydrogen) atoms. The van der Waals surface area contributed by atoms with Crippen molar-refractivity contribution in [2.24, 2.45) is 5.73 Å². The van der Waals surface area contributed by atoms with Crippen molar-refractivity contribution in [1.82, 2.24) is 4.98 Å². The van der Waals surface area contributed by atoms with E-state index in [1.54, 1.807) is 36.6 Å². The Hall–Kier alpha value is -2.41. The first kappa shape index (κ1) is 14.0. The molecular formula is C13H13N3O3S. The maximum absolute atomic E-state index is 11.5. The van der Waals surface area contributed by atoms with E-state index >= 15 is 0 Å². The molecule has 104 valence electrons. The highest BCUT2D eigenvalue weighted by molar-refractivity contribution is 7.14. The highest BCUT2D eigenvalue weighted by Gasteiger charge is 2.11. The fourth-order valence-electron chi connectivity index (χ4n) is 1.47. The summed E-state index contributed by atoms with van der Waals surface area (Å²) in [6, 6.07) is 6.66. The van der Waals surface area contributed by atoms with E-state index in [4.69, 9.17) is 10.5 Å². The Morgan fingerprint density at radius 3 is 2.65 bits per heavy atom. The molecule has 1 aromatic heterocycles. The molecule has 7 heteroatoms. The van der Waals surface area contributed by atoms with Crippen molar-refractivity contribution in [3.05, 3.63) is 40.9 Å². The molecule has 2 rings (SSSR count). The van der Waals surface area contributed by atoms with Crippen molar-refractivity contribution >= 4 is 34.0 Å². The van der Waals surface area contributed by atoms with E-state index < -0.39 is 11.9 Å². The first-order chi connectivity index (χ1) is 9.60. The van der Waals surface area contributed by atoms with Crippen LogP contribution in [0.2, 0.25) is 0 Å². The van der Waals surface area contributed by atoms with Crippen LogP contribution in [-0.4, -0.2) is 23.5 Å². The highest BCUT2D eigenvalue weighted by Crippen LogP contribution is 2.21. The number of nitrogens with two attached hydrogens (primary N) is 1. The molecule has 0 bridgehead atoms. The number of nitrogens with one attached hydrogen (secondary N) is 1. The largest absolute Gasteiger partial charge is 0.461 e. The van der Waals surface area contributed by atoms with Gasteiger partial charge in [-0.1, -0.05) is 0 Å². The third-order valence-electron chi connectivity index (χ3n) is 2.41. The van der Waals surface area contributed by atoms with Gasteiger partial charge in [-0.3, -0.25) is 4.79 Å². The van der Waals surface area contributed by atoms with Gasteiger partial charge in [0.05, 0.1) is 6.61 Å². The summed E-state index contributed by atoms with van der Waals surface area (Å²) < 4.78 is 4.86. The quantitative estimate of drug-likeness (QED) is 0.823. The molecule has 1 heterocycles. The molecule has 0 atom stereocenters. The van der Waals surface area contributed by atoms with E-state index in [1.807, 2.05) is 0 Å². The fraction of sp³-hybridized carbons (Fsp3) is 0.154. The lowest BCUT2D eigenvalue weighted by molar-refractivity contribution is 0.0520. The third kappa shape index (κ3) is 3.33. The normalized spacial score (nSPS) is 10.1. The summed E-state index contributed by atoms with van der Waals surface area (Å²) in [5.74, 6) is -0.920. The van der Waals surface area contributed by atoms with Gasteiger partial charge in [-0.05, 0) is 31.2 Å². The van der Waals surface area contributed by atoms with Crippen LogP contribution >= 0.6 is 11.3 Å². The Morgan fingerprint density at radius 1 is 1.35 bits per heavy atom. The average Bonchev–Trinajstić information content (AvgIpc) is 2.88. The molecule has 0 saturated carbocycles. The number of nitrogens with zero attached hydrogens (tertiary/aromatic N) is 1. The number of rotatable bonds is 5. The maximum atomic E-state index is 11.5. The van der Waals surface area contributed by atoms with Crippen LogP contribution in [0, 0.1) is 0 Å². The topological polar surface area (TPSA) is 94.3 Å². The number of carbonyl (C=O) groups is 2. The summed E-state index contributed by atoms with van der Waals surface area (Å²) in [6.45, 7) is 2.05. The first-order valence-corrected chi connectivity index (χ1v) is 6.77. The van der Waals surface area contributed by atoms with Crippen LogP contribution in [0.4, 0.5) is 10.8 Å². The second kappa shape index (κ2) is 6.16. The second-order valence-electron chi connectivity index (χ2n) is 3.82. The Morgan fingerprint density at radius 2 is 2.05 bits per heavy atom. The number of aromatic nitrogens is 1. The lowest BCUT2D eigenvalue weighted by Crippen LogP contribution is -2.10. The van der Waals surface area contributed by atoms with Gasteiger partial charge in [0.15, 0.2) is 10.8 Å². The van der Waals surface area contributed by atoms with Crippen molar-refractivity contribution < 1.29 is 14.3 Å². The summed E-state index contributed by atoms with van der Waals surface area (Å²) in [5, 5.41) is 5.23. The Kier molecular flexibility index (Phi) is 4.31. The Balaban J connectivity index is 2.06. The lowest BCUT2D eigenvalue weighted by atomic mass is 10.2. The molecule has 2 aromatic rings. The van der Waals surface area contributed by atoms with Crippen molar-refractivity contribution in [3.8, 4) is 0 Å². The third-order valence-corrected chi connectivity index (χ3v) is 3.17. The fourth-order valence-corrected chi connectivity index (χ4v) is 2.17. The summed E-state index contributed by atoms with van der Waals surface area (Å²) in [6.07, 6.45) is 0. The van der Waals surface area contributed by atoms with Gasteiger partial charge < -0.3 is 15.8 Å². The van der Waals surface area contributed by atoms with Gasteiger partial charge in [0.1, 0.15) is 0 Å². The average molecular weight is 291 g/mol. The number of benzene rings is 1. The van der Waals surface area contributed by atoms with Crippen molar-refractivity contribution in [1.29, 1.82) is 0 Å². The van der Waals surface area contributed by atoms with E-state index in [0.29, 0.717) is 17.3 Å². The van der Waals surface area contributed by atoms with Gasteiger partial charge in [-0.25, -0.2) is 9.78 Å². The van der Waals surface area contributed by atoms with E-state index in [9.17, 15) is 9.59 Å². The van der Waals surface area contributed by atoms with Crippen molar-refractivity contribution in [2.45, 2.75) is 6.92 Å². The highest BCUT2D eigenvalue weighted by atomic mass is 32.1. The smallest absolute Gasteiger partial charge is 0.357 e. The number of primary amides is 1. The summed E-state index contributed by atoms with van der Waals surface area (Å²) in [4.78, 5) is 26.5. The molecule has 0 spiro atoms. The number of hydrogen-bond donors (Lipinski definition) is 2. The van der Waals surface area contributed by atoms with Crippen LogP contribution < -0.4 is 11.1 Å². The van der Waals surface area contributed by atoms with Gasteiger partial charge in [-0.2, -0.15) is 0 Å². The monoisotopic (exact) mass is 291 g/mol. The minimum Gasteiger partial charge on any atom is -0.461 e. The molecule has 0 aliphatic rings. The Bertz CT molecular complexity index is 622. The molecule has 0 radical (unpaired) electrons. The van der Waals surface area contributed by atoms with E-state index in [1.165, 1.54) is 11.3 Å². The zero-order valence-corrected chi connectivity index (χ0v) is 11.6. The number of ether oxygens (including phenoxy) is 1.